The van der Waals surface area contributed by atoms with Crippen LogP contribution in [-0.2, 0) is 32.2 Å². The molecule has 5 atom stereocenters. The average Bonchev–Trinajstić information content (AvgIpc) is 2.83. The van der Waals surface area contributed by atoms with Gasteiger partial charge in [0, 0.05) is 18.1 Å². The van der Waals surface area contributed by atoms with Gasteiger partial charge in [-0.1, -0.05) is 65.8 Å². The number of benzene rings is 2. The molecule has 2 aromatic rings. The van der Waals surface area contributed by atoms with Gasteiger partial charge in [-0.2, -0.15) is 0 Å². The Bertz CT molecular complexity index is 834. The van der Waals surface area contributed by atoms with Crippen molar-refractivity contribution in [3.05, 3.63) is 82.2 Å². The summed E-state index contributed by atoms with van der Waals surface area (Å²) >= 11 is 0. The van der Waals surface area contributed by atoms with Crippen molar-refractivity contribution in [2.75, 3.05) is 19.8 Å². The van der Waals surface area contributed by atoms with Crippen LogP contribution < -0.4 is 0 Å². The van der Waals surface area contributed by atoms with Gasteiger partial charge in [-0.3, -0.25) is 0 Å². The first-order valence-corrected chi connectivity index (χ1v) is 10.6. The third-order valence-corrected chi connectivity index (χ3v) is 5.12. The lowest BCUT2D eigenvalue weighted by Gasteiger charge is -2.43. The van der Waals surface area contributed by atoms with Crippen LogP contribution in [0.4, 0.5) is 0 Å². The molecule has 1 aliphatic rings. The van der Waals surface area contributed by atoms with Crippen LogP contribution >= 0.6 is 0 Å². The van der Waals surface area contributed by atoms with Gasteiger partial charge in [-0.05, 0) is 23.1 Å². The van der Waals surface area contributed by atoms with Crippen molar-refractivity contribution in [3.8, 4) is 0 Å². The molecule has 9 heteroatoms. The maximum atomic E-state index is 11.1. The maximum absolute atomic E-state index is 11.1. The van der Waals surface area contributed by atoms with Crippen LogP contribution in [0.3, 0.4) is 0 Å². The average molecular weight is 444 g/mol. The van der Waals surface area contributed by atoms with Crippen molar-refractivity contribution in [2.45, 2.75) is 50.3 Å². The normalized spacial score (nSPS) is 25.2. The van der Waals surface area contributed by atoms with Crippen molar-refractivity contribution in [1.82, 2.24) is 0 Å². The summed E-state index contributed by atoms with van der Waals surface area (Å²) in [5.74, 6) is 0. The molecule has 1 heterocycles. The Morgan fingerprint density at radius 3 is 2.06 bits per heavy atom. The summed E-state index contributed by atoms with van der Waals surface area (Å²) in [7, 11) is 0. The number of hydrogen-bond acceptors (Lipinski definition) is 7. The molecule has 172 valence electrons. The number of aliphatic hydroxyl groups excluding tert-OH is 2. The van der Waals surface area contributed by atoms with Crippen LogP contribution in [-0.4, -0.2) is 60.7 Å². The van der Waals surface area contributed by atoms with Gasteiger partial charge < -0.3 is 29.2 Å². The zero-order valence-electron chi connectivity index (χ0n) is 17.8. The van der Waals surface area contributed by atoms with Gasteiger partial charge in [0.05, 0.1) is 19.8 Å². The van der Waals surface area contributed by atoms with Gasteiger partial charge in [-0.15, -0.1) is 0 Å². The summed E-state index contributed by atoms with van der Waals surface area (Å²) in [4.78, 5) is 2.71. The zero-order valence-corrected chi connectivity index (χ0v) is 17.8. The van der Waals surface area contributed by atoms with E-state index in [4.69, 9.17) is 24.5 Å². The molecule has 3 rings (SSSR count). The minimum absolute atomic E-state index is 0.245. The number of nitrogens with zero attached hydrogens (tertiary/aromatic N) is 3. The first-order chi connectivity index (χ1) is 15.7. The molecule has 0 aromatic heterocycles. The largest absolute Gasteiger partial charge is 0.394 e. The SMILES string of the molecule is [N-]=[N+]=NCCCO[C@H]1O[C@H](CO)[C@@H](OCc2ccccc2)[C@H](O)[C@@H]1OCc1ccccc1. The van der Waals surface area contributed by atoms with Crippen molar-refractivity contribution >= 4 is 0 Å². The summed E-state index contributed by atoms with van der Waals surface area (Å²) in [5.41, 5.74) is 10.3. The lowest BCUT2D eigenvalue weighted by Crippen LogP contribution is -2.60. The highest BCUT2D eigenvalue weighted by Crippen LogP contribution is 2.28. The molecule has 2 N–H and O–H groups in total. The number of azide groups is 1. The smallest absolute Gasteiger partial charge is 0.186 e. The Morgan fingerprint density at radius 1 is 0.906 bits per heavy atom. The van der Waals surface area contributed by atoms with E-state index in [1.807, 2.05) is 60.7 Å². The Hall–Kier alpha value is -2.49. The molecule has 2 aromatic carbocycles. The van der Waals surface area contributed by atoms with Crippen molar-refractivity contribution in [1.29, 1.82) is 0 Å². The molecular formula is C23H29N3O6. The minimum Gasteiger partial charge on any atom is -0.394 e. The van der Waals surface area contributed by atoms with Gasteiger partial charge in [0.25, 0.3) is 0 Å². The number of rotatable bonds is 12. The monoisotopic (exact) mass is 443 g/mol. The Kier molecular flexibility index (Phi) is 9.93. The van der Waals surface area contributed by atoms with E-state index in [0.717, 1.165) is 11.1 Å². The van der Waals surface area contributed by atoms with Crippen molar-refractivity contribution in [2.24, 2.45) is 5.11 Å². The third-order valence-electron chi connectivity index (χ3n) is 5.12. The summed E-state index contributed by atoms with van der Waals surface area (Å²) < 4.78 is 23.7. The molecule has 1 fully saturated rings. The van der Waals surface area contributed by atoms with Crippen LogP contribution in [0.5, 0.6) is 0 Å². The summed E-state index contributed by atoms with van der Waals surface area (Å²) in [6, 6.07) is 19.1. The van der Waals surface area contributed by atoms with E-state index in [1.165, 1.54) is 0 Å². The van der Waals surface area contributed by atoms with Gasteiger partial charge in [0.1, 0.15) is 24.4 Å². The van der Waals surface area contributed by atoms with Crippen molar-refractivity contribution < 1.29 is 29.2 Å². The highest BCUT2D eigenvalue weighted by molar-refractivity contribution is 5.14. The first-order valence-electron chi connectivity index (χ1n) is 10.6. The molecule has 0 aliphatic carbocycles. The molecule has 1 aliphatic heterocycles. The third kappa shape index (κ3) is 7.01. The Balaban J connectivity index is 1.68. The lowest BCUT2D eigenvalue weighted by molar-refractivity contribution is -0.319. The summed E-state index contributed by atoms with van der Waals surface area (Å²) in [6.07, 6.45) is -3.93. The summed E-state index contributed by atoms with van der Waals surface area (Å²) in [5, 5.41) is 24.5. The predicted octanol–water partition coefficient (Wildman–Crippen LogP) is 2.95. The predicted molar refractivity (Wildman–Crippen MR) is 116 cm³/mol. The summed E-state index contributed by atoms with van der Waals surface area (Å²) in [6.45, 7) is 0.689. The second kappa shape index (κ2) is 13.1. The van der Waals surface area contributed by atoms with E-state index in [0.29, 0.717) is 6.42 Å². The van der Waals surface area contributed by atoms with Crippen LogP contribution in [0.2, 0.25) is 0 Å². The molecule has 0 spiro atoms. The molecular weight excluding hydrogens is 414 g/mol. The van der Waals surface area contributed by atoms with E-state index in [-0.39, 0.29) is 33.0 Å². The van der Waals surface area contributed by atoms with Gasteiger partial charge in [0.2, 0.25) is 0 Å². The van der Waals surface area contributed by atoms with Crippen LogP contribution in [0, 0.1) is 0 Å². The fraction of sp³-hybridized carbons (Fsp3) is 0.478. The van der Waals surface area contributed by atoms with Gasteiger partial charge in [-0.25, -0.2) is 0 Å². The molecule has 0 radical (unpaired) electrons. The molecule has 0 saturated carbocycles. The second-order valence-electron chi connectivity index (χ2n) is 7.42. The fourth-order valence-corrected chi connectivity index (χ4v) is 3.47. The number of hydrogen-bond donors (Lipinski definition) is 2. The van der Waals surface area contributed by atoms with Crippen LogP contribution in [0.15, 0.2) is 65.8 Å². The Morgan fingerprint density at radius 2 is 1.50 bits per heavy atom. The zero-order chi connectivity index (χ0) is 22.6. The molecule has 1 saturated heterocycles. The van der Waals surface area contributed by atoms with Crippen LogP contribution in [0.25, 0.3) is 10.4 Å². The molecule has 9 nitrogen and oxygen atoms in total. The lowest BCUT2D eigenvalue weighted by atomic mass is 9.98. The van der Waals surface area contributed by atoms with Gasteiger partial charge in [0.15, 0.2) is 6.29 Å². The fourth-order valence-electron chi connectivity index (χ4n) is 3.47. The number of aliphatic hydroxyl groups is 2. The van der Waals surface area contributed by atoms with Crippen LogP contribution in [0.1, 0.15) is 17.5 Å². The topological polar surface area (TPSA) is 126 Å². The van der Waals surface area contributed by atoms with E-state index < -0.39 is 30.7 Å². The van der Waals surface area contributed by atoms with E-state index >= 15 is 0 Å². The minimum atomic E-state index is -1.09. The maximum Gasteiger partial charge on any atom is 0.186 e. The quantitative estimate of drug-likeness (QED) is 0.225. The molecule has 32 heavy (non-hydrogen) atoms. The highest BCUT2D eigenvalue weighted by atomic mass is 16.7. The van der Waals surface area contributed by atoms with E-state index in [2.05, 4.69) is 10.0 Å². The standard InChI is InChI=1S/C23H29N3O6/c24-26-25-12-7-13-29-23-22(31-16-18-10-5-2-6-11-18)20(28)21(19(14-27)32-23)30-15-17-8-3-1-4-9-17/h1-6,8-11,19-23,27-28H,7,12-16H2/t19-,20+,21-,22+,23+/m1/s1. The molecule has 0 amide bonds. The first kappa shape index (κ1) is 24.2. The number of ether oxygens (including phenoxy) is 4. The van der Waals surface area contributed by atoms with Crippen molar-refractivity contribution in [3.63, 3.8) is 0 Å². The molecule has 0 unspecified atom stereocenters. The van der Waals surface area contributed by atoms with E-state index in [9.17, 15) is 10.2 Å². The second-order valence-corrected chi connectivity index (χ2v) is 7.42. The van der Waals surface area contributed by atoms with Gasteiger partial charge >= 0.3 is 0 Å². The Labute approximate surface area is 187 Å². The van der Waals surface area contributed by atoms with E-state index in [1.54, 1.807) is 0 Å². The highest BCUT2D eigenvalue weighted by Gasteiger charge is 2.47. The molecule has 0 bridgehead atoms.